The number of aromatic nitrogens is 1. The summed E-state index contributed by atoms with van der Waals surface area (Å²) in [6, 6.07) is 5.67. The van der Waals surface area contributed by atoms with Gasteiger partial charge in [-0.25, -0.2) is 4.98 Å². The van der Waals surface area contributed by atoms with Crippen molar-refractivity contribution >= 4 is 0 Å². The minimum atomic E-state index is 0.451. The predicted molar refractivity (Wildman–Crippen MR) is 62.8 cm³/mol. The molecule has 1 aromatic rings. The van der Waals surface area contributed by atoms with Gasteiger partial charge in [-0.1, -0.05) is 26.2 Å². The van der Waals surface area contributed by atoms with Gasteiger partial charge in [0.2, 0.25) is 0 Å². The number of nitriles is 1. The first-order chi connectivity index (χ1) is 7.86. The molecule has 3 nitrogen and oxygen atoms in total. The zero-order valence-corrected chi connectivity index (χ0v) is 9.78. The van der Waals surface area contributed by atoms with E-state index < -0.39 is 0 Å². The van der Waals surface area contributed by atoms with Gasteiger partial charge < -0.3 is 4.74 Å². The van der Waals surface area contributed by atoms with Gasteiger partial charge in [0.15, 0.2) is 0 Å². The summed E-state index contributed by atoms with van der Waals surface area (Å²) < 4.78 is 5.53. The van der Waals surface area contributed by atoms with Crippen molar-refractivity contribution < 1.29 is 4.74 Å². The highest BCUT2D eigenvalue weighted by Gasteiger charge is 1.96. The van der Waals surface area contributed by atoms with Gasteiger partial charge >= 0.3 is 0 Å². The van der Waals surface area contributed by atoms with Crippen LogP contribution >= 0.6 is 0 Å². The zero-order chi connectivity index (χ0) is 11.6. The second kappa shape index (κ2) is 7.84. The van der Waals surface area contributed by atoms with Crippen molar-refractivity contribution in [3.63, 3.8) is 0 Å². The largest absolute Gasteiger partial charge is 0.377 e. The molecule has 0 fully saturated rings. The number of nitrogens with zero attached hydrogens (tertiary/aromatic N) is 2. The molecule has 0 amide bonds. The van der Waals surface area contributed by atoms with Crippen molar-refractivity contribution in [1.82, 2.24) is 4.98 Å². The van der Waals surface area contributed by atoms with Gasteiger partial charge in [-0.05, 0) is 24.1 Å². The average molecular weight is 218 g/mol. The molecule has 0 bridgehead atoms. The van der Waals surface area contributed by atoms with E-state index in [1.807, 2.05) is 12.1 Å². The molecule has 0 aliphatic carbocycles. The molecule has 0 spiro atoms. The van der Waals surface area contributed by atoms with Gasteiger partial charge in [-0.3, -0.25) is 0 Å². The fraction of sp³-hybridized carbons (Fsp3) is 0.538. The molecule has 1 heterocycles. The Bertz CT molecular complexity index is 344. The molecular weight excluding hydrogens is 200 g/mol. The van der Waals surface area contributed by atoms with Gasteiger partial charge in [0.25, 0.3) is 0 Å². The van der Waals surface area contributed by atoms with E-state index in [1.54, 1.807) is 12.3 Å². The van der Waals surface area contributed by atoms with Crippen LogP contribution in [0.4, 0.5) is 0 Å². The highest BCUT2D eigenvalue weighted by Crippen LogP contribution is 2.04. The second-order valence-electron chi connectivity index (χ2n) is 3.77. The van der Waals surface area contributed by atoms with E-state index in [4.69, 9.17) is 10.00 Å². The Balaban J connectivity index is 2.19. The highest BCUT2D eigenvalue weighted by molar-refractivity contribution is 5.24. The number of ether oxygens (including phenoxy) is 1. The zero-order valence-electron chi connectivity index (χ0n) is 9.78. The second-order valence-corrected chi connectivity index (χ2v) is 3.77. The summed E-state index contributed by atoms with van der Waals surface area (Å²) in [5.74, 6) is 0. The SMILES string of the molecule is CCCCCCOCc1ccnc(C#N)c1. The van der Waals surface area contributed by atoms with E-state index in [1.165, 1.54) is 19.3 Å². The summed E-state index contributed by atoms with van der Waals surface area (Å²) in [7, 11) is 0. The molecule has 0 aliphatic rings. The maximum Gasteiger partial charge on any atom is 0.140 e. The van der Waals surface area contributed by atoms with Crippen LogP contribution in [0.2, 0.25) is 0 Å². The van der Waals surface area contributed by atoms with Crippen molar-refractivity contribution in [3.05, 3.63) is 29.6 Å². The number of pyridine rings is 1. The Morgan fingerprint density at radius 2 is 2.25 bits per heavy atom. The quantitative estimate of drug-likeness (QED) is 0.661. The first-order valence-electron chi connectivity index (χ1n) is 5.79. The molecule has 3 heteroatoms. The Kier molecular flexibility index (Phi) is 6.20. The summed E-state index contributed by atoms with van der Waals surface area (Å²) in [4.78, 5) is 3.91. The van der Waals surface area contributed by atoms with Crippen LogP contribution in [0.3, 0.4) is 0 Å². The number of hydrogen-bond donors (Lipinski definition) is 0. The topological polar surface area (TPSA) is 45.9 Å². The first-order valence-corrected chi connectivity index (χ1v) is 5.79. The number of hydrogen-bond acceptors (Lipinski definition) is 3. The maximum absolute atomic E-state index is 8.68. The molecule has 1 rings (SSSR count). The van der Waals surface area contributed by atoms with Crippen LogP contribution in [0.25, 0.3) is 0 Å². The smallest absolute Gasteiger partial charge is 0.140 e. The van der Waals surface area contributed by atoms with Crippen LogP contribution in [0.5, 0.6) is 0 Å². The molecule has 0 radical (unpaired) electrons. The molecule has 0 unspecified atom stereocenters. The number of unbranched alkanes of at least 4 members (excludes halogenated alkanes) is 3. The van der Waals surface area contributed by atoms with Crippen molar-refractivity contribution in [3.8, 4) is 6.07 Å². The van der Waals surface area contributed by atoms with Crippen molar-refractivity contribution in [2.75, 3.05) is 6.61 Å². The third-order valence-electron chi connectivity index (χ3n) is 2.35. The monoisotopic (exact) mass is 218 g/mol. The van der Waals surface area contributed by atoms with Crippen LogP contribution in [0, 0.1) is 11.3 Å². The summed E-state index contributed by atoms with van der Waals surface area (Å²) >= 11 is 0. The van der Waals surface area contributed by atoms with Gasteiger partial charge in [-0.15, -0.1) is 0 Å². The lowest BCUT2D eigenvalue weighted by atomic mass is 10.2. The third kappa shape index (κ3) is 4.90. The minimum absolute atomic E-state index is 0.451. The lowest BCUT2D eigenvalue weighted by Gasteiger charge is -2.04. The first kappa shape index (κ1) is 12.7. The summed E-state index contributed by atoms with van der Waals surface area (Å²) in [5.41, 5.74) is 1.47. The van der Waals surface area contributed by atoms with Crippen LogP contribution < -0.4 is 0 Å². The van der Waals surface area contributed by atoms with E-state index in [-0.39, 0.29) is 0 Å². The molecule has 1 aromatic heterocycles. The average Bonchev–Trinajstić information content (AvgIpc) is 2.34. The van der Waals surface area contributed by atoms with E-state index >= 15 is 0 Å². The van der Waals surface area contributed by atoms with Crippen LogP contribution in [0.1, 0.15) is 43.9 Å². The lowest BCUT2D eigenvalue weighted by molar-refractivity contribution is 0.116. The van der Waals surface area contributed by atoms with E-state index in [2.05, 4.69) is 11.9 Å². The van der Waals surface area contributed by atoms with Gasteiger partial charge in [0.1, 0.15) is 11.8 Å². The van der Waals surface area contributed by atoms with Crippen LogP contribution in [-0.2, 0) is 11.3 Å². The molecule has 0 saturated heterocycles. The molecular formula is C13H18N2O. The molecule has 0 aromatic carbocycles. The lowest BCUT2D eigenvalue weighted by Crippen LogP contribution is -1.96. The van der Waals surface area contributed by atoms with Crippen molar-refractivity contribution in [2.45, 2.75) is 39.2 Å². The summed E-state index contributed by atoms with van der Waals surface area (Å²) in [5, 5.41) is 8.68. The fourth-order valence-electron chi connectivity index (χ4n) is 1.45. The molecule has 0 saturated carbocycles. The predicted octanol–water partition coefficient (Wildman–Crippen LogP) is 3.05. The van der Waals surface area contributed by atoms with Crippen LogP contribution in [-0.4, -0.2) is 11.6 Å². The van der Waals surface area contributed by atoms with E-state index in [0.717, 1.165) is 18.6 Å². The Hall–Kier alpha value is -1.40. The summed E-state index contributed by atoms with van der Waals surface area (Å²) in [6.07, 6.45) is 6.52. The Labute approximate surface area is 97.1 Å². The standard InChI is InChI=1S/C13H18N2O/c1-2-3-4-5-8-16-11-12-6-7-15-13(9-12)10-14/h6-7,9H,2-5,8,11H2,1H3. The van der Waals surface area contributed by atoms with E-state index in [9.17, 15) is 0 Å². The third-order valence-corrected chi connectivity index (χ3v) is 2.35. The van der Waals surface area contributed by atoms with E-state index in [0.29, 0.717) is 12.3 Å². The van der Waals surface area contributed by atoms with Gasteiger partial charge in [-0.2, -0.15) is 5.26 Å². The highest BCUT2D eigenvalue weighted by atomic mass is 16.5. The fourth-order valence-corrected chi connectivity index (χ4v) is 1.45. The molecule has 86 valence electrons. The van der Waals surface area contributed by atoms with Crippen LogP contribution in [0.15, 0.2) is 18.3 Å². The normalized spacial score (nSPS) is 10.0. The van der Waals surface area contributed by atoms with Gasteiger partial charge in [0, 0.05) is 12.8 Å². The molecule has 16 heavy (non-hydrogen) atoms. The summed E-state index contributed by atoms with van der Waals surface area (Å²) in [6.45, 7) is 3.56. The number of rotatable bonds is 7. The minimum Gasteiger partial charge on any atom is -0.377 e. The van der Waals surface area contributed by atoms with Crippen molar-refractivity contribution in [2.24, 2.45) is 0 Å². The Morgan fingerprint density at radius 1 is 1.38 bits per heavy atom. The van der Waals surface area contributed by atoms with Gasteiger partial charge in [0.05, 0.1) is 6.61 Å². The molecule has 0 aliphatic heterocycles. The maximum atomic E-state index is 8.68. The van der Waals surface area contributed by atoms with Crippen molar-refractivity contribution in [1.29, 1.82) is 5.26 Å². The molecule has 0 atom stereocenters. The Morgan fingerprint density at radius 3 is 3.00 bits per heavy atom. The molecule has 0 N–H and O–H groups in total.